The number of hydrogen-bond acceptors (Lipinski definition) is 1. The van der Waals surface area contributed by atoms with Crippen LogP contribution in [-0.2, 0) is 6.54 Å². The van der Waals surface area contributed by atoms with E-state index in [4.69, 9.17) is 17.3 Å². The molecule has 0 unspecified atom stereocenters. The number of aryl methyl sites for hydroxylation is 2. The molecule has 3 heteroatoms. The Morgan fingerprint density at radius 1 is 1.40 bits per heavy atom. The minimum absolute atomic E-state index is 0.712. The molecule has 2 N–H and O–H groups in total. The maximum atomic E-state index is 6.20. The molecule has 2 nitrogen and oxygen atoms in total. The number of rotatable bonds is 3. The predicted molar refractivity (Wildman–Crippen MR) is 65.4 cm³/mol. The molecule has 0 amide bonds. The summed E-state index contributed by atoms with van der Waals surface area (Å²) in [6.45, 7) is 3.76. The van der Waals surface area contributed by atoms with Crippen LogP contribution in [-0.4, -0.2) is 11.1 Å². The highest BCUT2D eigenvalue weighted by molar-refractivity contribution is 6.35. The summed E-state index contributed by atoms with van der Waals surface area (Å²) in [5.74, 6) is 0. The van der Waals surface area contributed by atoms with Crippen LogP contribution in [0.4, 0.5) is 0 Å². The standard InChI is InChI=1S/C12H15ClN2/c1-9-8-10-4-2-5-11(13)12(10)15(9)7-3-6-14/h2,4-5,8H,3,6-7,14H2,1H3. The summed E-state index contributed by atoms with van der Waals surface area (Å²) in [7, 11) is 0. The highest BCUT2D eigenvalue weighted by Gasteiger charge is 2.07. The minimum Gasteiger partial charge on any atom is -0.344 e. The van der Waals surface area contributed by atoms with Gasteiger partial charge in [0.15, 0.2) is 0 Å². The van der Waals surface area contributed by atoms with Crippen LogP contribution < -0.4 is 5.73 Å². The zero-order valence-electron chi connectivity index (χ0n) is 8.83. The number of benzene rings is 1. The van der Waals surface area contributed by atoms with Crippen molar-refractivity contribution < 1.29 is 0 Å². The van der Waals surface area contributed by atoms with Crippen LogP contribution in [0.25, 0.3) is 10.9 Å². The molecule has 1 heterocycles. The van der Waals surface area contributed by atoms with E-state index in [2.05, 4.69) is 23.6 Å². The molecule has 0 aliphatic carbocycles. The first-order valence-corrected chi connectivity index (χ1v) is 5.56. The van der Waals surface area contributed by atoms with Gasteiger partial charge in [-0.15, -0.1) is 0 Å². The van der Waals surface area contributed by atoms with Crippen molar-refractivity contribution in [2.45, 2.75) is 19.9 Å². The third-order valence-corrected chi connectivity index (χ3v) is 2.97. The van der Waals surface area contributed by atoms with Gasteiger partial charge in [-0.2, -0.15) is 0 Å². The average molecular weight is 223 g/mol. The summed E-state index contributed by atoms with van der Waals surface area (Å²) in [6, 6.07) is 8.17. The Hall–Kier alpha value is -0.990. The minimum atomic E-state index is 0.712. The molecule has 0 fully saturated rings. The number of aromatic nitrogens is 1. The van der Waals surface area contributed by atoms with Crippen LogP contribution in [0.2, 0.25) is 5.02 Å². The smallest absolute Gasteiger partial charge is 0.0671 e. The first kappa shape index (κ1) is 10.5. The van der Waals surface area contributed by atoms with Crippen LogP contribution in [0, 0.1) is 6.92 Å². The lowest BCUT2D eigenvalue weighted by atomic mass is 10.2. The van der Waals surface area contributed by atoms with Crippen molar-refractivity contribution in [1.82, 2.24) is 4.57 Å². The Kier molecular flexibility index (Phi) is 2.98. The van der Waals surface area contributed by atoms with E-state index in [1.54, 1.807) is 0 Å². The van der Waals surface area contributed by atoms with E-state index in [9.17, 15) is 0 Å². The molecule has 0 atom stereocenters. The van der Waals surface area contributed by atoms with Gasteiger partial charge in [0, 0.05) is 17.6 Å². The molecule has 15 heavy (non-hydrogen) atoms. The Morgan fingerprint density at radius 2 is 2.20 bits per heavy atom. The van der Waals surface area contributed by atoms with Gasteiger partial charge in [0.2, 0.25) is 0 Å². The molecule has 0 saturated carbocycles. The Morgan fingerprint density at radius 3 is 2.93 bits per heavy atom. The van der Waals surface area contributed by atoms with Gasteiger partial charge in [-0.3, -0.25) is 0 Å². The Balaban J connectivity index is 2.55. The summed E-state index contributed by atoms with van der Waals surface area (Å²) < 4.78 is 2.24. The summed E-state index contributed by atoms with van der Waals surface area (Å²) >= 11 is 6.20. The van der Waals surface area contributed by atoms with Crippen LogP contribution in [0.15, 0.2) is 24.3 Å². The Labute approximate surface area is 94.6 Å². The number of hydrogen-bond donors (Lipinski definition) is 1. The van der Waals surface area contributed by atoms with Crippen LogP contribution in [0.5, 0.6) is 0 Å². The van der Waals surface area contributed by atoms with Gasteiger partial charge >= 0.3 is 0 Å². The van der Waals surface area contributed by atoms with Crippen molar-refractivity contribution in [1.29, 1.82) is 0 Å². The molecule has 0 spiro atoms. The molecule has 2 aromatic rings. The highest BCUT2D eigenvalue weighted by atomic mass is 35.5. The monoisotopic (exact) mass is 222 g/mol. The van der Waals surface area contributed by atoms with E-state index >= 15 is 0 Å². The number of para-hydroxylation sites is 1. The second-order valence-electron chi connectivity index (χ2n) is 3.76. The maximum Gasteiger partial charge on any atom is 0.0671 e. The van der Waals surface area contributed by atoms with E-state index in [-0.39, 0.29) is 0 Å². The first-order chi connectivity index (χ1) is 7.24. The third kappa shape index (κ3) is 1.87. The summed E-state index contributed by atoms with van der Waals surface area (Å²) in [6.07, 6.45) is 0.982. The molecular formula is C12H15ClN2. The van der Waals surface area contributed by atoms with Gasteiger partial charge in [0.05, 0.1) is 10.5 Å². The number of fused-ring (bicyclic) bond motifs is 1. The van der Waals surface area contributed by atoms with Gasteiger partial charge in [0.25, 0.3) is 0 Å². The summed E-state index contributed by atoms with van der Waals surface area (Å²) in [5.41, 5.74) is 7.90. The number of nitrogens with two attached hydrogens (primary N) is 1. The number of halogens is 1. The normalized spacial score (nSPS) is 11.1. The first-order valence-electron chi connectivity index (χ1n) is 5.18. The molecular weight excluding hydrogens is 208 g/mol. The molecule has 0 radical (unpaired) electrons. The van der Waals surface area contributed by atoms with Crippen molar-refractivity contribution in [3.05, 3.63) is 35.0 Å². The fourth-order valence-electron chi connectivity index (χ4n) is 1.95. The molecule has 0 saturated heterocycles. The average Bonchev–Trinajstić information content (AvgIpc) is 2.53. The number of nitrogens with zero attached hydrogens (tertiary/aromatic N) is 1. The quantitative estimate of drug-likeness (QED) is 0.851. The fraction of sp³-hybridized carbons (Fsp3) is 0.333. The predicted octanol–water partition coefficient (Wildman–Crippen LogP) is 2.95. The van der Waals surface area contributed by atoms with Crippen LogP contribution >= 0.6 is 11.6 Å². The lowest BCUT2D eigenvalue weighted by molar-refractivity contribution is 0.657. The molecule has 2 rings (SSSR count). The van der Waals surface area contributed by atoms with E-state index in [0.717, 1.165) is 23.5 Å². The molecule has 1 aromatic heterocycles. The van der Waals surface area contributed by atoms with Crippen molar-refractivity contribution in [3.8, 4) is 0 Å². The highest BCUT2D eigenvalue weighted by Crippen LogP contribution is 2.26. The lowest BCUT2D eigenvalue weighted by Gasteiger charge is -2.08. The lowest BCUT2D eigenvalue weighted by Crippen LogP contribution is -2.06. The van der Waals surface area contributed by atoms with Crippen LogP contribution in [0.1, 0.15) is 12.1 Å². The van der Waals surface area contributed by atoms with Gasteiger partial charge in [-0.25, -0.2) is 0 Å². The zero-order valence-corrected chi connectivity index (χ0v) is 9.59. The van der Waals surface area contributed by atoms with Crippen molar-refractivity contribution in [3.63, 3.8) is 0 Å². The van der Waals surface area contributed by atoms with Crippen LogP contribution in [0.3, 0.4) is 0 Å². The van der Waals surface area contributed by atoms with E-state index in [1.807, 2.05) is 12.1 Å². The molecule has 1 aromatic carbocycles. The van der Waals surface area contributed by atoms with E-state index in [1.165, 1.54) is 11.1 Å². The fourth-order valence-corrected chi connectivity index (χ4v) is 2.23. The second kappa shape index (κ2) is 4.25. The van der Waals surface area contributed by atoms with Gasteiger partial charge in [0.1, 0.15) is 0 Å². The summed E-state index contributed by atoms with van der Waals surface area (Å²) in [4.78, 5) is 0. The SMILES string of the molecule is Cc1cc2cccc(Cl)c2n1CCCN. The van der Waals surface area contributed by atoms with Gasteiger partial charge < -0.3 is 10.3 Å². The van der Waals surface area contributed by atoms with Gasteiger partial charge in [-0.05, 0) is 32.0 Å². The van der Waals surface area contributed by atoms with E-state index < -0.39 is 0 Å². The van der Waals surface area contributed by atoms with Crippen molar-refractivity contribution in [2.75, 3.05) is 6.54 Å². The molecule has 80 valence electrons. The van der Waals surface area contributed by atoms with Crippen molar-refractivity contribution in [2.24, 2.45) is 5.73 Å². The summed E-state index contributed by atoms with van der Waals surface area (Å²) in [5, 5.41) is 2.02. The van der Waals surface area contributed by atoms with E-state index in [0.29, 0.717) is 6.54 Å². The largest absolute Gasteiger partial charge is 0.344 e. The Bertz CT molecular complexity index is 474. The topological polar surface area (TPSA) is 30.9 Å². The molecule has 0 aliphatic rings. The maximum absolute atomic E-state index is 6.20. The molecule has 0 bridgehead atoms. The third-order valence-electron chi connectivity index (χ3n) is 2.66. The molecule has 0 aliphatic heterocycles. The second-order valence-corrected chi connectivity index (χ2v) is 4.16. The van der Waals surface area contributed by atoms with Crippen molar-refractivity contribution >= 4 is 22.5 Å². The van der Waals surface area contributed by atoms with Gasteiger partial charge in [-0.1, -0.05) is 23.7 Å². The zero-order chi connectivity index (χ0) is 10.8.